The molecule has 0 aliphatic carbocycles. The monoisotopic (exact) mass is 277 g/mol. The van der Waals surface area contributed by atoms with E-state index in [0.29, 0.717) is 21.7 Å². The first kappa shape index (κ1) is 11.3. The average molecular weight is 278 g/mol. The van der Waals surface area contributed by atoms with Crippen LogP contribution in [0.5, 0.6) is 0 Å². The van der Waals surface area contributed by atoms with Gasteiger partial charge in [0.05, 0.1) is 10.6 Å². The van der Waals surface area contributed by atoms with Gasteiger partial charge in [-0.25, -0.2) is 0 Å². The molecule has 6 heteroatoms. The number of nitrogens with two attached hydrogens (primary N) is 1. The van der Waals surface area contributed by atoms with Crippen LogP contribution in [-0.2, 0) is 0 Å². The molecule has 1 aromatic carbocycles. The van der Waals surface area contributed by atoms with Crippen molar-refractivity contribution in [2.24, 2.45) is 0 Å². The minimum Gasteiger partial charge on any atom is -0.390 e. The van der Waals surface area contributed by atoms with Crippen LogP contribution in [0.3, 0.4) is 0 Å². The summed E-state index contributed by atoms with van der Waals surface area (Å²) in [6.45, 7) is 0. The van der Waals surface area contributed by atoms with Crippen LogP contribution in [0.2, 0.25) is 5.02 Å². The van der Waals surface area contributed by atoms with Crippen molar-refractivity contribution < 1.29 is 4.52 Å². The molecule has 0 spiro atoms. The summed E-state index contributed by atoms with van der Waals surface area (Å²) in [5.74, 6) is 0.918. The molecule has 0 amide bonds. The molecule has 0 saturated heterocycles. The van der Waals surface area contributed by atoms with Gasteiger partial charge >= 0.3 is 0 Å². The number of rotatable bonds is 2. The second-order valence-corrected chi connectivity index (χ2v) is 5.02. The highest BCUT2D eigenvalue weighted by Crippen LogP contribution is 2.30. The van der Waals surface area contributed by atoms with Crippen molar-refractivity contribution in [3.8, 4) is 22.8 Å². The molecular weight excluding hydrogens is 270 g/mol. The zero-order chi connectivity index (χ0) is 12.5. The standard InChI is InChI=1S/C12H8ClN3OS/c13-8-3-1-2-7(6-8)11-15-12(17-16-11)9-4-5-18-10(9)14/h1-6H,14H2. The van der Waals surface area contributed by atoms with E-state index >= 15 is 0 Å². The van der Waals surface area contributed by atoms with Gasteiger partial charge in [-0.05, 0) is 23.6 Å². The summed E-state index contributed by atoms with van der Waals surface area (Å²) in [5, 5.41) is 7.11. The summed E-state index contributed by atoms with van der Waals surface area (Å²) in [4.78, 5) is 4.32. The predicted molar refractivity (Wildman–Crippen MR) is 72.5 cm³/mol. The summed E-state index contributed by atoms with van der Waals surface area (Å²) in [7, 11) is 0. The number of nitrogen functional groups attached to an aromatic ring is 1. The fourth-order valence-electron chi connectivity index (χ4n) is 1.58. The summed E-state index contributed by atoms with van der Waals surface area (Å²) in [6.07, 6.45) is 0. The molecule has 0 atom stereocenters. The Morgan fingerprint density at radius 2 is 2.17 bits per heavy atom. The molecule has 18 heavy (non-hydrogen) atoms. The third-order valence-electron chi connectivity index (χ3n) is 2.43. The van der Waals surface area contributed by atoms with Crippen molar-refractivity contribution in [2.75, 3.05) is 5.73 Å². The van der Waals surface area contributed by atoms with E-state index in [1.807, 2.05) is 23.6 Å². The smallest absolute Gasteiger partial charge is 0.261 e. The molecule has 4 nitrogen and oxygen atoms in total. The van der Waals surface area contributed by atoms with Crippen LogP contribution in [0.4, 0.5) is 5.00 Å². The molecule has 2 aromatic heterocycles. The SMILES string of the molecule is Nc1sccc1-c1nc(-c2cccc(Cl)c2)no1. The van der Waals surface area contributed by atoms with E-state index in [1.54, 1.807) is 12.1 Å². The molecule has 0 aliphatic heterocycles. The second kappa shape index (κ2) is 4.44. The number of aromatic nitrogens is 2. The molecule has 0 saturated carbocycles. The minimum absolute atomic E-state index is 0.420. The highest BCUT2D eigenvalue weighted by Gasteiger charge is 2.13. The number of anilines is 1. The zero-order valence-corrected chi connectivity index (χ0v) is 10.7. The highest BCUT2D eigenvalue weighted by atomic mass is 35.5. The van der Waals surface area contributed by atoms with E-state index in [0.717, 1.165) is 11.1 Å². The number of hydrogen-bond acceptors (Lipinski definition) is 5. The lowest BCUT2D eigenvalue weighted by Crippen LogP contribution is -1.84. The van der Waals surface area contributed by atoms with E-state index in [2.05, 4.69) is 10.1 Å². The molecule has 0 bridgehead atoms. The van der Waals surface area contributed by atoms with E-state index in [1.165, 1.54) is 11.3 Å². The Hall–Kier alpha value is -1.85. The first-order valence-corrected chi connectivity index (χ1v) is 6.43. The maximum Gasteiger partial charge on any atom is 0.261 e. The predicted octanol–water partition coefficient (Wildman–Crippen LogP) is 3.70. The van der Waals surface area contributed by atoms with Crippen molar-refractivity contribution in [1.82, 2.24) is 10.1 Å². The third-order valence-corrected chi connectivity index (χ3v) is 3.42. The second-order valence-electron chi connectivity index (χ2n) is 3.63. The van der Waals surface area contributed by atoms with Gasteiger partial charge in [-0.2, -0.15) is 4.98 Å². The topological polar surface area (TPSA) is 64.9 Å². The third kappa shape index (κ3) is 1.98. The Kier molecular flexibility index (Phi) is 2.77. The van der Waals surface area contributed by atoms with Gasteiger partial charge in [-0.1, -0.05) is 28.9 Å². The van der Waals surface area contributed by atoms with Crippen molar-refractivity contribution in [3.05, 3.63) is 40.7 Å². The van der Waals surface area contributed by atoms with E-state index < -0.39 is 0 Å². The first-order chi connectivity index (χ1) is 8.74. The molecule has 3 rings (SSSR count). The molecule has 2 N–H and O–H groups in total. The Morgan fingerprint density at radius 1 is 1.28 bits per heavy atom. The molecule has 90 valence electrons. The maximum atomic E-state index is 5.92. The number of thiophene rings is 1. The lowest BCUT2D eigenvalue weighted by atomic mass is 10.2. The van der Waals surface area contributed by atoms with E-state index in [-0.39, 0.29) is 0 Å². The number of halogens is 1. The van der Waals surface area contributed by atoms with Crippen LogP contribution < -0.4 is 5.73 Å². The Morgan fingerprint density at radius 3 is 2.89 bits per heavy atom. The Balaban J connectivity index is 2.02. The van der Waals surface area contributed by atoms with Crippen molar-refractivity contribution in [2.45, 2.75) is 0 Å². The molecule has 0 fully saturated rings. The fraction of sp³-hybridized carbons (Fsp3) is 0. The maximum absolute atomic E-state index is 5.92. The quantitative estimate of drug-likeness (QED) is 0.776. The normalized spacial score (nSPS) is 10.7. The van der Waals surface area contributed by atoms with Crippen molar-refractivity contribution in [3.63, 3.8) is 0 Å². The summed E-state index contributed by atoms with van der Waals surface area (Å²) in [6, 6.07) is 9.15. The van der Waals surface area contributed by atoms with Crippen molar-refractivity contribution >= 4 is 27.9 Å². The van der Waals surface area contributed by atoms with Crippen LogP contribution in [0.1, 0.15) is 0 Å². The molecule has 0 radical (unpaired) electrons. The average Bonchev–Trinajstić information content (AvgIpc) is 2.97. The van der Waals surface area contributed by atoms with E-state index in [9.17, 15) is 0 Å². The van der Waals surface area contributed by atoms with Gasteiger partial charge in [0, 0.05) is 10.6 Å². The van der Waals surface area contributed by atoms with Gasteiger partial charge in [-0.15, -0.1) is 11.3 Å². The van der Waals surface area contributed by atoms with Crippen LogP contribution in [0, 0.1) is 0 Å². The zero-order valence-electron chi connectivity index (χ0n) is 9.13. The van der Waals surface area contributed by atoms with Crippen LogP contribution in [-0.4, -0.2) is 10.1 Å². The van der Waals surface area contributed by atoms with Gasteiger partial charge in [0.1, 0.15) is 0 Å². The number of nitrogens with zero attached hydrogens (tertiary/aromatic N) is 2. The molecule has 3 aromatic rings. The van der Waals surface area contributed by atoms with Crippen LogP contribution in [0.25, 0.3) is 22.8 Å². The highest BCUT2D eigenvalue weighted by molar-refractivity contribution is 7.14. The Labute approximate surface area is 112 Å². The minimum atomic E-state index is 0.420. The lowest BCUT2D eigenvalue weighted by Gasteiger charge is -1.93. The van der Waals surface area contributed by atoms with Gasteiger partial charge in [0.15, 0.2) is 0 Å². The van der Waals surface area contributed by atoms with Gasteiger partial charge < -0.3 is 10.3 Å². The summed E-state index contributed by atoms with van der Waals surface area (Å²) < 4.78 is 5.21. The van der Waals surface area contributed by atoms with Crippen LogP contribution in [0.15, 0.2) is 40.2 Å². The van der Waals surface area contributed by atoms with Crippen LogP contribution >= 0.6 is 22.9 Å². The number of hydrogen-bond donors (Lipinski definition) is 1. The largest absolute Gasteiger partial charge is 0.390 e. The molecule has 2 heterocycles. The number of benzene rings is 1. The Bertz CT molecular complexity index is 692. The summed E-state index contributed by atoms with van der Waals surface area (Å²) >= 11 is 7.36. The van der Waals surface area contributed by atoms with Gasteiger partial charge in [0.2, 0.25) is 5.82 Å². The van der Waals surface area contributed by atoms with E-state index in [4.69, 9.17) is 21.9 Å². The molecule has 0 aliphatic rings. The first-order valence-electron chi connectivity index (χ1n) is 5.17. The van der Waals surface area contributed by atoms with Gasteiger partial charge in [-0.3, -0.25) is 0 Å². The molecule has 0 unspecified atom stereocenters. The summed E-state index contributed by atoms with van der Waals surface area (Å²) in [5.41, 5.74) is 7.39. The fourth-order valence-corrected chi connectivity index (χ4v) is 2.40. The lowest BCUT2D eigenvalue weighted by molar-refractivity contribution is 0.432. The molecular formula is C12H8ClN3OS. The van der Waals surface area contributed by atoms with Crippen molar-refractivity contribution in [1.29, 1.82) is 0 Å². The van der Waals surface area contributed by atoms with Gasteiger partial charge in [0.25, 0.3) is 5.89 Å².